The number of aromatic carboxylic acids is 1. The zero-order chi connectivity index (χ0) is 13.0. The van der Waals surface area contributed by atoms with Gasteiger partial charge in [0.1, 0.15) is 5.82 Å². The van der Waals surface area contributed by atoms with Gasteiger partial charge in [0.2, 0.25) is 0 Å². The summed E-state index contributed by atoms with van der Waals surface area (Å²) in [6.07, 6.45) is 1.06. The summed E-state index contributed by atoms with van der Waals surface area (Å²) in [6.45, 7) is 8.15. The average molecular weight is 236 g/mol. The molecule has 1 aromatic heterocycles. The largest absolute Gasteiger partial charge is 0.478 e. The summed E-state index contributed by atoms with van der Waals surface area (Å²) in [4.78, 5) is 15.1. The molecule has 2 N–H and O–H groups in total. The molecule has 0 amide bonds. The van der Waals surface area contributed by atoms with E-state index >= 15 is 0 Å². The van der Waals surface area contributed by atoms with E-state index in [9.17, 15) is 4.79 Å². The number of aryl methyl sites for hydroxylation is 1. The quantitative estimate of drug-likeness (QED) is 0.825. The number of aromatic nitrogens is 1. The van der Waals surface area contributed by atoms with Gasteiger partial charge in [0.05, 0.1) is 11.3 Å². The van der Waals surface area contributed by atoms with Crippen LogP contribution in [-0.2, 0) is 0 Å². The van der Waals surface area contributed by atoms with Crippen LogP contribution in [0, 0.1) is 12.8 Å². The molecule has 0 bridgehead atoms. The number of hydrogen-bond acceptors (Lipinski definition) is 3. The molecule has 0 aliphatic rings. The highest BCUT2D eigenvalue weighted by Crippen LogP contribution is 2.14. The zero-order valence-corrected chi connectivity index (χ0v) is 10.8. The number of carboxylic acids is 1. The third-order valence-corrected chi connectivity index (χ3v) is 2.54. The Morgan fingerprint density at radius 2 is 2.06 bits per heavy atom. The van der Waals surface area contributed by atoms with Crippen molar-refractivity contribution in [1.82, 2.24) is 4.98 Å². The number of nitrogens with zero attached hydrogens (tertiary/aromatic N) is 1. The van der Waals surface area contributed by atoms with E-state index in [4.69, 9.17) is 5.11 Å². The first kappa shape index (κ1) is 13.5. The molecular weight excluding hydrogens is 216 g/mol. The van der Waals surface area contributed by atoms with Crippen molar-refractivity contribution in [2.45, 2.75) is 40.2 Å². The molecule has 0 saturated heterocycles. The van der Waals surface area contributed by atoms with Crippen LogP contribution in [0.1, 0.15) is 43.2 Å². The summed E-state index contributed by atoms with van der Waals surface area (Å²) in [5, 5.41) is 12.2. The molecule has 1 aromatic rings. The normalized spacial score (nSPS) is 12.5. The lowest BCUT2D eigenvalue weighted by Crippen LogP contribution is -2.18. The van der Waals surface area contributed by atoms with Gasteiger partial charge in [-0.3, -0.25) is 0 Å². The van der Waals surface area contributed by atoms with E-state index in [1.807, 2.05) is 0 Å². The van der Waals surface area contributed by atoms with Crippen LogP contribution in [0.15, 0.2) is 12.1 Å². The van der Waals surface area contributed by atoms with Gasteiger partial charge >= 0.3 is 5.97 Å². The molecular formula is C13H20N2O2. The van der Waals surface area contributed by atoms with Crippen LogP contribution < -0.4 is 5.32 Å². The Labute approximate surface area is 102 Å². The van der Waals surface area contributed by atoms with Crippen molar-refractivity contribution in [2.75, 3.05) is 5.32 Å². The molecule has 1 atom stereocenters. The minimum absolute atomic E-state index is 0.257. The molecule has 0 aliphatic heterocycles. The first-order valence-corrected chi connectivity index (χ1v) is 5.87. The van der Waals surface area contributed by atoms with E-state index in [1.165, 1.54) is 0 Å². The lowest BCUT2D eigenvalue weighted by atomic mass is 10.1. The van der Waals surface area contributed by atoms with Crippen LogP contribution in [0.4, 0.5) is 5.82 Å². The molecule has 0 saturated carbocycles. The van der Waals surface area contributed by atoms with Crippen LogP contribution in [-0.4, -0.2) is 22.1 Å². The zero-order valence-electron chi connectivity index (χ0n) is 10.8. The Bertz CT molecular complexity index is 402. The van der Waals surface area contributed by atoms with Gasteiger partial charge in [-0.15, -0.1) is 0 Å². The van der Waals surface area contributed by atoms with Crippen LogP contribution in [0.25, 0.3) is 0 Å². The highest BCUT2D eigenvalue weighted by Gasteiger charge is 2.10. The van der Waals surface area contributed by atoms with E-state index in [-0.39, 0.29) is 5.56 Å². The number of rotatable bonds is 5. The summed E-state index contributed by atoms with van der Waals surface area (Å²) in [5.74, 6) is 0.425. The van der Waals surface area contributed by atoms with Crippen molar-refractivity contribution >= 4 is 11.8 Å². The second kappa shape index (κ2) is 5.66. The molecule has 94 valence electrons. The Balaban J connectivity index is 2.74. The Hall–Kier alpha value is -1.58. The van der Waals surface area contributed by atoms with Gasteiger partial charge in [-0.25, -0.2) is 9.78 Å². The van der Waals surface area contributed by atoms with Crippen molar-refractivity contribution < 1.29 is 9.90 Å². The summed E-state index contributed by atoms with van der Waals surface area (Å²) in [6, 6.07) is 3.64. The summed E-state index contributed by atoms with van der Waals surface area (Å²) in [5.41, 5.74) is 0.798. The molecule has 0 spiro atoms. The predicted molar refractivity (Wildman–Crippen MR) is 68.5 cm³/mol. The van der Waals surface area contributed by atoms with E-state index in [1.54, 1.807) is 19.1 Å². The highest BCUT2D eigenvalue weighted by molar-refractivity contribution is 5.89. The third-order valence-electron chi connectivity index (χ3n) is 2.54. The van der Waals surface area contributed by atoms with E-state index in [0.717, 1.165) is 12.2 Å². The number of pyridine rings is 1. The van der Waals surface area contributed by atoms with Crippen LogP contribution >= 0.6 is 0 Å². The Morgan fingerprint density at radius 3 is 2.53 bits per heavy atom. The van der Waals surface area contributed by atoms with Gasteiger partial charge in [-0.05, 0) is 38.3 Å². The fourth-order valence-electron chi connectivity index (χ4n) is 1.89. The van der Waals surface area contributed by atoms with Gasteiger partial charge in [-0.1, -0.05) is 13.8 Å². The maximum atomic E-state index is 10.8. The molecule has 0 aromatic carbocycles. The summed E-state index contributed by atoms with van der Waals surface area (Å²) >= 11 is 0. The van der Waals surface area contributed by atoms with Crippen LogP contribution in [0.5, 0.6) is 0 Å². The maximum absolute atomic E-state index is 10.8. The van der Waals surface area contributed by atoms with Crippen LogP contribution in [0.3, 0.4) is 0 Å². The number of nitrogens with one attached hydrogen (secondary N) is 1. The maximum Gasteiger partial charge on any atom is 0.337 e. The third kappa shape index (κ3) is 4.06. The van der Waals surface area contributed by atoms with E-state index in [0.29, 0.717) is 17.7 Å². The van der Waals surface area contributed by atoms with Crippen molar-refractivity contribution in [2.24, 2.45) is 5.92 Å². The molecule has 17 heavy (non-hydrogen) atoms. The van der Waals surface area contributed by atoms with Crippen LogP contribution in [0.2, 0.25) is 0 Å². The van der Waals surface area contributed by atoms with E-state index < -0.39 is 5.97 Å². The van der Waals surface area contributed by atoms with Gasteiger partial charge in [0.25, 0.3) is 0 Å². The van der Waals surface area contributed by atoms with E-state index in [2.05, 4.69) is 31.1 Å². The SMILES string of the molecule is Cc1nc(NC(C)CC(C)C)ccc1C(=O)O. The van der Waals surface area contributed by atoms with Gasteiger partial charge < -0.3 is 10.4 Å². The van der Waals surface area contributed by atoms with Crippen molar-refractivity contribution in [3.05, 3.63) is 23.4 Å². The lowest BCUT2D eigenvalue weighted by Gasteiger charge is -2.17. The molecule has 4 nitrogen and oxygen atoms in total. The standard InChI is InChI=1S/C13H20N2O2/c1-8(2)7-9(3)14-12-6-5-11(13(16)17)10(4)15-12/h5-6,8-9H,7H2,1-4H3,(H,14,15)(H,16,17). The second-order valence-electron chi connectivity index (χ2n) is 4.81. The van der Waals surface area contributed by atoms with Gasteiger partial charge in [0.15, 0.2) is 0 Å². The summed E-state index contributed by atoms with van der Waals surface area (Å²) in [7, 11) is 0. The first-order valence-electron chi connectivity index (χ1n) is 5.87. The first-order chi connectivity index (χ1) is 7.90. The fraction of sp³-hybridized carbons (Fsp3) is 0.538. The molecule has 0 radical (unpaired) electrons. The highest BCUT2D eigenvalue weighted by atomic mass is 16.4. The minimum atomic E-state index is -0.934. The van der Waals surface area contributed by atoms with Crippen molar-refractivity contribution in [3.63, 3.8) is 0 Å². The molecule has 1 heterocycles. The minimum Gasteiger partial charge on any atom is -0.478 e. The van der Waals surface area contributed by atoms with Crippen molar-refractivity contribution in [1.29, 1.82) is 0 Å². The van der Waals surface area contributed by atoms with Gasteiger partial charge in [0, 0.05) is 6.04 Å². The molecule has 0 fully saturated rings. The number of carbonyl (C=O) groups is 1. The lowest BCUT2D eigenvalue weighted by molar-refractivity contribution is 0.0695. The number of anilines is 1. The Morgan fingerprint density at radius 1 is 1.41 bits per heavy atom. The molecule has 1 rings (SSSR count). The monoisotopic (exact) mass is 236 g/mol. The molecule has 4 heteroatoms. The Kier molecular flexibility index (Phi) is 4.49. The predicted octanol–water partition coefficient (Wildman–Crippen LogP) is 2.93. The molecule has 0 aliphatic carbocycles. The average Bonchev–Trinajstić information content (AvgIpc) is 2.15. The summed E-state index contributed by atoms with van der Waals surface area (Å²) < 4.78 is 0. The van der Waals surface area contributed by atoms with Crippen molar-refractivity contribution in [3.8, 4) is 0 Å². The smallest absolute Gasteiger partial charge is 0.337 e. The second-order valence-corrected chi connectivity index (χ2v) is 4.81. The number of carboxylic acid groups (broad SMARTS) is 1. The van der Waals surface area contributed by atoms with Gasteiger partial charge in [-0.2, -0.15) is 0 Å². The fourth-order valence-corrected chi connectivity index (χ4v) is 1.89. The number of hydrogen-bond donors (Lipinski definition) is 2. The topological polar surface area (TPSA) is 62.2 Å². The molecule has 1 unspecified atom stereocenters.